The van der Waals surface area contributed by atoms with Crippen molar-refractivity contribution in [2.45, 2.75) is 63.7 Å². The van der Waals surface area contributed by atoms with Crippen molar-refractivity contribution in [1.29, 1.82) is 0 Å². The number of piperidine rings is 1. The quantitative estimate of drug-likeness (QED) is 0.820. The van der Waals surface area contributed by atoms with Crippen LogP contribution in [0, 0.1) is 0 Å². The topological polar surface area (TPSA) is 29.3 Å². The molecule has 0 aromatic heterocycles. The van der Waals surface area contributed by atoms with Gasteiger partial charge in [-0.15, -0.1) is 0 Å². The molecule has 0 spiro atoms. The normalized spacial score (nSPS) is 36.6. The lowest BCUT2D eigenvalue weighted by molar-refractivity contribution is 0.0527. The number of hydrogen-bond donors (Lipinski definition) is 1. The Kier molecular flexibility index (Phi) is 3.16. The third-order valence-electron chi connectivity index (χ3n) is 4.85. The average Bonchev–Trinajstić information content (AvgIpc) is 2.68. The lowest BCUT2D eigenvalue weighted by Gasteiger charge is -2.43. The predicted octanol–water partition coefficient (Wildman–Crippen LogP) is 3.39. The maximum atomic E-state index is 6.31. The van der Waals surface area contributed by atoms with Crippen LogP contribution >= 0.6 is 0 Å². The molecule has 1 heterocycles. The second-order valence-corrected chi connectivity index (χ2v) is 6.06. The summed E-state index contributed by atoms with van der Waals surface area (Å²) in [4.78, 5) is 2.72. The molecule has 0 bridgehead atoms. The van der Waals surface area contributed by atoms with E-state index >= 15 is 0 Å². The zero-order valence-electron chi connectivity index (χ0n) is 11.5. The van der Waals surface area contributed by atoms with Gasteiger partial charge < -0.3 is 5.73 Å². The molecule has 2 nitrogen and oxygen atoms in total. The summed E-state index contributed by atoms with van der Waals surface area (Å²) in [6, 6.07) is 10.9. The van der Waals surface area contributed by atoms with Crippen molar-refractivity contribution in [2.24, 2.45) is 5.73 Å². The van der Waals surface area contributed by atoms with E-state index in [4.69, 9.17) is 5.73 Å². The first kappa shape index (κ1) is 12.2. The van der Waals surface area contributed by atoms with E-state index in [2.05, 4.69) is 43.0 Å². The van der Waals surface area contributed by atoms with Crippen LogP contribution in [0.3, 0.4) is 0 Å². The highest BCUT2D eigenvalue weighted by molar-refractivity contribution is 5.37. The Morgan fingerprint density at radius 1 is 1.06 bits per heavy atom. The summed E-state index contributed by atoms with van der Waals surface area (Å²) in [5, 5.41) is 0. The molecule has 1 fully saturated rings. The Balaban J connectivity index is 1.94. The van der Waals surface area contributed by atoms with Gasteiger partial charge >= 0.3 is 0 Å². The SMILES string of the molecule is CC1CCCC(C)N1C1CC(N)c2ccccc21. The van der Waals surface area contributed by atoms with Gasteiger partial charge in [-0.05, 0) is 44.2 Å². The first-order chi connectivity index (χ1) is 8.68. The largest absolute Gasteiger partial charge is 0.324 e. The van der Waals surface area contributed by atoms with E-state index in [0.29, 0.717) is 18.1 Å². The first-order valence-corrected chi connectivity index (χ1v) is 7.30. The van der Waals surface area contributed by atoms with Gasteiger partial charge in [0, 0.05) is 24.2 Å². The highest BCUT2D eigenvalue weighted by Gasteiger charge is 2.37. The van der Waals surface area contributed by atoms with E-state index in [9.17, 15) is 0 Å². The van der Waals surface area contributed by atoms with Crippen molar-refractivity contribution >= 4 is 0 Å². The summed E-state index contributed by atoms with van der Waals surface area (Å²) in [7, 11) is 0. The molecule has 0 radical (unpaired) electrons. The van der Waals surface area contributed by atoms with E-state index < -0.39 is 0 Å². The fourth-order valence-corrected chi connectivity index (χ4v) is 3.98. The van der Waals surface area contributed by atoms with Crippen molar-refractivity contribution in [1.82, 2.24) is 4.90 Å². The minimum atomic E-state index is 0.229. The molecule has 1 aromatic carbocycles. The monoisotopic (exact) mass is 244 g/mol. The first-order valence-electron chi connectivity index (χ1n) is 7.30. The van der Waals surface area contributed by atoms with Crippen LogP contribution in [0.4, 0.5) is 0 Å². The average molecular weight is 244 g/mol. The number of nitrogens with zero attached hydrogens (tertiary/aromatic N) is 1. The maximum Gasteiger partial charge on any atom is 0.0375 e. The molecule has 98 valence electrons. The summed E-state index contributed by atoms with van der Waals surface area (Å²) < 4.78 is 0. The second kappa shape index (κ2) is 4.67. The van der Waals surface area contributed by atoms with Crippen LogP contribution in [0.2, 0.25) is 0 Å². The van der Waals surface area contributed by atoms with Crippen LogP contribution in [-0.4, -0.2) is 17.0 Å². The molecule has 18 heavy (non-hydrogen) atoms. The predicted molar refractivity (Wildman–Crippen MR) is 75.3 cm³/mol. The molecule has 2 heteroatoms. The standard InChI is InChI=1S/C16H24N2/c1-11-6-5-7-12(2)18(11)16-10-15(17)13-8-3-4-9-14(13)16/h3-4,8-9,11-12,15-16H,5-7,10,17H2,1-2H3. The van der Waals surface area contributed by atoms with Crippen molar-refractivity contribution in [3.8, 4) is 0 Å². The zero-order chi connectivity index (χ0) is 12.7. The maximum absolute atomic E-state index is 6.31. The van der Waals surface area contributed by atoms with E-state index in [-0.39, 0.29) is 6.04 Å². The Morgan fingerprint density at radius 2 is 1.67 bits per heavy atom. The van der Waals surface area contributed by atoms with Gasteiger partial charge in [-0.25, -0.2) is 0 Å². The van der Waals surface area contributed by atoms with Crippen molar-refractivity contribution in [3.63, 3.8) is 0 Å². The highest BCUT2D eigenvalue weighted by atomic mass is 15.2. The number of rotatable bonds is 1. The fraction of sp³-hybridized carbons (Fsp3) is 0.625. The number of benzene rings is 1. The van der Waals surface area contributed by atoms with E-state index in [1.165, 1.54) is 30.4 Å². The van der Waals surface area contributed by atoms with Crippen molar-refractivity contribution in [3.05, 3.63) is 35.4 Å². The number of nitrogens with two attached hydrogens (primary N) is 1. The Bertz CT molecular complexity index is 419. The second-order valence-electron chi connectivity index (χ2n) is 6.06. The fourth-order valence-electron chi connectivity index (χ4n) is 3.98. The molecule has 2 N–H and O–H groups in total. The van der Waals surface area contributed by atoms with Gasteiger partial charge in [0.05, 0.1) is 0 Å². The molecule has 4 unspecified atom stereocenters. The lowest BCUT2D eigenvalue weighted by atomic mass is 9.93. The smallest absolute Gasteiger partial charge is 0.0375 e. The molecular weight excluding hydrogens is 220 g/mol. The van der Waals surface area contributed by atoms with Gasteiger partial charge in [-0.2, -0.15) is 0 Å². The Labute approximate surface area is 110 Å². The Hall–Kier alpha value is -0.860. The van der Waals surface area contributed by atoms with Crippen LogP contribution in [0.1, 0.15) is 62.7 Å². The van der Waals surface area contributed by atoms with Gasteiger partial charge in [0.1, 0.15) is 0 Å². The molecule has 3 rings (SSSR count). The van der Waals surface area contributed by atoms with Crippen LogP contribution in [0.5, 0.6) is 0 Å². The molecule has 2 aliphatic rings. The molecular formula is C16H24N2. The van der Waals surface area contributed by atoms with E-state index in [1.807, 2.05) is 0 Å². The third kappa shape index (κ3) is 1.88. The summed E-state index contributed by atoms with van der Waals surface area (Å²) in [6.07, 6.45) is 5.13. The van der Waals surface area contributed by atoms with Crippen LogP contribution < -0.4 is 5.73 Å². The number of fused-ring (bicyclic) bond motifs is 1. The van der Waals surface area contributed by atoms with Gasteiger partial charge in [0.15, 0.2) is 0 Å². The van der Waals surface area contributed by atoms with Gasteiger partial charge in [-0.1, -0.05) is 30.7 Å². The van der Waals surface area contributed by atoms with Crippen molar-refractivity contribution < 1.29 is 0 Å². The Morgan fingerprint density at radius 3 is 2.33 bits per heavy atom. The van der Waals surface area contributed by atoms with Crippen LogP contribution in [-0.2, 0) is 0 Å². The van der Waals surface area contributed by atoms with Crippen LogP contribution in [0.25, 0.3) is 0 Å². The van der Waals surface area contributed by atoms with Gasteiger partial charge in [0.25, 0.3) is 0 Å². The molecule has 1 aliphatic heterocycles. The molecule has 1 saturated heterocycles. The lowest BCUT2D eigenvalue weighted by Crippen LogP contribution is -2.45. The number of likely N-dealkylation sites (tertiary alicyclic amines) is 1. The summed E-state index contributed by atoms with van der Waals surface area (Å²) in [6.45, 7) is 4.75. The minimum absolute atomic E-state index is 0.229. The van der Waals surface area contributed by atoms with Gasteiger partial charge in [0.2, 0.25) is 0 Å². The minimum Gasteiger partial charge on any atom is -0.324 e. The van der Waals surface area contributed by atoms with Crippen molar-refractivity contribution in [2.75, 3.05) is 0 Å². The number of hydrogen-bond acceptors (Lipinski definition) is 2. The highest BCUT2D eigenvalue weighted by Crippen LogP contribution is 2.44. The molecule has 0 amide bonds. The van der Waals surface area contributed by atoms with E-state index in [1.54, 1.807) is 0 Å². The summed E-state index contributed by atoms with van der Waals surface area (Å²) >= 11 is 0. The van der Waals surface area contributed by atoms with E-state index in [0.717, 1.165) is 6.42 Å². The third-order valence-corrected chi connectivity index (χ3v) is 4.85. The molecule has 1 aliphatic carbocycles. The van der Waals surface area contributed by atoms with Gasteiger partial charge in [-0.3, -0.25) is 4.90 Å². The summed E-state index contributed by atoms with van der Waals surface area (Å²) in [5.74, 6) is 0. The van der Waals surface area contributed by atoms with Crippen LogP contribution in [0.15, 0.2) is 24.3 Å². The molecule has 1 aromatic rings. The molecule has 0 saturated carbocycles. The zero-order valence-corrected chi connectivity index (χ0v) is 11.5. The molecule has 4 atom stereocenters. The summed E-state index contributed by atoms with van der Waals surface area (Å²) in [5.41, 5.74) is 9.15.